The second-order valence-electron chi connectivity index (χ2n) is 4.38. The molecule has 2 rings (SSSR count). The Morgan fingerprint density at radius 3 is 2.75 bits per heavy atom. The summed E-state index contributed by atoms with van der Waals surface area (Å²) in [6.07, 6.45) is 2.50. The van der Waals surface area contributed by atoms with Gasteiger partial charge in [0, 0.05) is 19.8 Å². The molecule has 6 nitrogen and oxygen atoms in total. The maximum absolute atomic E-state index is 11.9. The fraction of sp³-hybridized carbons (Fsp3) is 0.667. The number of hydrogen-bond donors (Lipinski definition) is 2. The van der Waals surface area contributed by atoms with Crippen LogP contribution in [0.1, 0.15) is 13.3 Å². The van der Waals surface area contributed by atoms with Crippen LogP contribution in [0, 0.1) is 11.8 Å². The van der Waals surface area contributed by atoms with Crippen molar-refractivity contribution < 1.29 is 8.42 Å². The number of aryl methyl sites for hydroxylation is 1. The lowest BCUT2D eigenvalue weighted by atomic mass is 10.3. The zero-order valence-electron chi connectivity index (χ0n) is 9.34. The minimum atomic E-state index is -3.51. The molecule has 7 heteroatoms. The van der Waals surface area contributed by atoms with Gasteiger partial charge in [-0.05, 0) is 18.3 Å². The van der Waals surface area contributed by atoms with E-state index < -0.39 is 10.0 Å². The fourth-order valence-electron chi connectivity index (χ4n) is 1.67. The van der Waals surface area contributed by atoms with Crippen molar-refractivity contribution in [3.05, 3.63) is 6.20 Å². The predicted octanol–water partition coefficient (Wildman–Crippen LogP) is -0.0634. The Hall–Kier alpha value is -1.08. The minimum Gasteiger partial charge on any atom is -0.381 e. The Balaban J connectivity index is 2.09. The van der Waals surface area contributed by atoms with Crippen LogP contribution in [0.5, 0.6) is 0 Å². The number of anilines is 1. The summed E-state index contributed by atoms with van der Waals surface area (Å²) in [6, 6.07) is 0. The molecule has 1 aromatic heterocycles. The number of nitrogen functional groups attached to an aromatic ring is 1. The molecule has 1 saturated carbocycles. The fourth-order valence-corrected chi connectivity index (χ4v) is 2.87. The van der Waals surface area contributed by atoms with Gasteiger partial charge < -0.3 is 5.73 Å². The zero-order chi connectivity index (χ0) is 11.9. The molecule has 16 heavy (non-hydrogen) atoms. The number of sulfonamides is 1. The highest BCUT2D eigenvalue weighted by Crippen LogP contribution is 2.37. The molecule has 0 aromatic carbocycles. The molecule has 1 aliphatic carbocycles. The molecule has 1 aliphatic rings. The van der Waals surface area contributed by atoms with E-state index in [9.17, 15) is 8.42 Å². The first-order chi connectivity index (χ1) is 7.40. The molecule has 1 fully saturated rings. The summed E-state index contributed by atoms with van der Waals surface area (Å²) in [4.78, 5) is 0.0586. The average Bonchev–Trinajstić information content (AvgIpc) is 2.76. The Labute approximate surface area is 94.9 Å². The highest BCUT2D eigenvalue weighted by molar-refractivity contribution is 7.89. The normalized spacial score (nSPS) is 24.6. The quantitative estimate of drug-likeness (QED) is 0.776. The van der Waals surface area contributed by atoms with Crippen LogP contribution in [0.2, 0.25) is 0 Å². The standard InChI is InChI=1S/C9H16N4O2S/c1-6-3-7(6)4-11-16(14,15)8-5-13(2)12-9(8)10/h5-7,11H,3-4H2,1-2H3,(H2,10,12). The third-order valence-electron chi connectivity index (χ3n) is 2.92. The lowest BCUT2D eigenvalue weighted by molar-refractivity contribution is 0.574. The van der Waals surface area contributed by atoms with Crippen LogP contribution >= 0.6 is 0 Å². The molecule has 0 saturated heterocycles. The van der Waals surface area contributed by atoms with Crippen LogP contribution in [0.4, 0.5) is 5.82 Å². The second kappa shape index (κ2) is 3.74. The Morgan fingerprint density at radius 1 is 1.69 bits per heavy atom. The summed E-state index contributed by atoms with van der Waals surface area (Å²) in [5.74, 6) is 1.13. The Morgan fingerprint density at radius 2 is 2.31 bits per heavy atom. The van der Waals surface area contributed by atoms with Gasteiger partial charge in [0.1, 0.15) is 4.90 Å². The van der Waals surface area contributed by atoms with E-state index in [4.69, 9.17) is 5.73 Å². The van der Waals surface area contributed by atoms with Crippen molar-refractivity contribution in [3.63, 3.8) is 0 Å². The van der Waals surface area contributed by atoms with Crippen LogP contribution < -0.4 is 10.5 Å². The van der Waals surface area contributed by atoms with E-state index >= 15 is 0 Å². The van der Waals surface area contributed by atoms with Crippen LogP contribution in [0.15, 0.2) is 11.1 Å². The second-order valence-corrected chi connectivity index (χ2v) is 6.11. The van der Waals surface area contributed by atoms with Crippen molar-refractivity contribution in [1.29, 1.82) is 0 Å². The first-order valence-electron chi connectivity index (χ1n) is 5.19. The molecule has 0 spiro atoms. The first kappa shape index (κ1) is 11.4. The van der Waals surface area contributed by atoms with Crippen molar-refractivity contribution in [1.82, 2.24) is 14.5 Å². The molecule has 2 atom stereocenters. The molecule has 1 aromatic rings. The highest BCUT2D eigenvalue weighted by atomic mass is 32.2. The summed E-state index contributed by atoms with van der Waals surface area (Å²) in [6.45, 7) is 2.59. The largest absolute Gasteiger partial charge is 0.381 e. The molecule has 3 N–H and O–H groups in total. The number of nitrogens with zero attached hydrogens (tertiary/aromatic N) is 2. The molecule has 1 heterocycles. The third-order valence-corrected chi connectivity index (χ3v) is 4.36. The number of nitrogens with two attached hydrogens (primary N) is 1. The van der Waals surface area contributed by atoms with E-state index in [0.717, 1.165) is 6.42 Å². The SMILES string of the molecule is CC1CC1CNS(=O)(=O)c1cn(C)nc1N. The third kappa shape index (κ3) is 2.19. The van der Waals surface area contributed by atoms with Crippen LogP contribution in [0.3, 0.4) is 0 Å². The van der Waals surface area contributed by atoms with Crippen molar-refractivity contribution in [2.75, 3.05) is 12.3 Å². The van der Waals surface area contributed by atoms with Gasteiger partial charge in [-0.25, -0.2) is 13.1 Å². The highest BCUT2D eigenvalue weighted by Gasteiger charge is 2.33. The molecule has 90 valence electrons. The molecule has 0 amide bonds. The van der Waals surface area contributed by atoms with E-state index in [1.165, 1.54) is 10.9 Å². The summed E-state index contributed by atoms with van der Waals surface area (Å²) < 4.78 is 27.7. The summed E-state index contributed by atoms with van der Waals surface area (Å²) in [7, 11) is -1.87. The van der Waals surface area contributed by atoms with E-state index in [-0.39, 0.29) is 10.7 Å². The molecule has 0 bridgehead atoms. The molecule has 2 unspecified atom stereocenters. The van der Waals surface area contributed by atoms with Crippen molar-refractivity contribution in [3.8, 4) is 0 Å². The van der Waals surface area contributed by atoms with E-state index in [0.29, 0.717) is 18.4 Å². The lowest BCUT2D eigenvalue weighted by Gasteiger charge is -2.04. The molecule has 0 radical (unpaired) electrons. The summed E-state index contributed by atoms with van der Waals surface area (Å²) in [5.41, 5.74) is 5.53. The van der Waals surface area contributed by atoms with Gasteiger partial charge in [0.25, 0.3) is 0 Å². The Kier molecular flexibility index (Phi) is 2.67. The number of rotatable bonds is 4. The van der Waals surface area contributed by atoms with Crippen LogP contribution in [-0.2, 0) is 17.1 Å². The van der Waals surface area contributed by atoms with Crippen molar-refractivity contribution in [2.24, 2.45) is 18.9 Å². The predicted molar refractivity (Wildman–Crippen MR) is 60.1 cm³/mol. The van der Waals surface area contributed by atoms with Gasteiger partial charge in [-0.2, -0.15) is 5.10 Å². The molecule has 0 aliphatic heterocycles. The van der Waals surface area contributed by atoms with Crippen molar-refractivity contribution >= 4 is 15.8 Å². The molecular weight excluding hydrogens is 228 g/mol. The van der Waals surface area contributed by atoms with Crippen LogP contribution in [0.25, 0.3) is 0 Å². The zero-order valence-corrected chi connectivity index (χ0v) is 10.2. The van der Waals surface area contributed by atoms with Crippen molar-refractivity contribution in [2.45, 2.75) is 18.2 Å². The number of aromatic nitrogens is 2. The number of nitrogens with one attached hydrogen (secondary N) is 1. The topological polar surface area (TPSA) is 90.0 Å². The van der Waals surface area contributed by atoms with Gasteiger partial charge in [0.2, 0.25) is 10.0 Å². The lowest BCUT2D eigenvalue weighted by Crippen LogP contribution is -2.26. The monoisotopic (exact) mass is 244 g/mol. The van der Waals surface area contributed by atoms with Gasteiger partial charge in [-0.1, -0.05) is 6.92 Å². The van der Waals surface area contributed by atoms with E-state index in [1.54, 1.807) is 7.05 Å². The smallest absolute Gasteiger partial charge is 0.245 e. The van der Waals surface area contributed by atoms with Gasteiger partial charge in [-0.15, -0.1) is 0 Å². The van der Waals surface area contributed by atoms with Gasteiger partial charge in [0.05, 0.1) is 0 Å². The first-order valence-corrected chi connectivity index (χ1v) is 6.67. The van der Waals surface area contributed by atoms with Gasteiger partial charge in [-0.3, -0.25) is 4.68 Å². The van der Waals surface area contributed by atoms with Gasteiger partial charge >= 0.3 is 0 Å². The van der Waals surface area contributed by atoms with E-state index in [2.05, 4.69) is 16.7 Å². The Bertz CT molecular complexity index is 494. The average molecular weight is 244 g/mol. The van der Waals surface area contributed by atoms with Crippen LogP contribution in [-0.4, -0.2) is 24.7 Å². The summed E-state index contributed by atoms with van der Waals surface area (Å²) in [5, 5.41) is 3.81. The maximum atomic E-state index is 11.9. The van der Waals surface area contributed by atoms with E-state index in [1.807, 2.05) is 0 Å². The minimum absolute atomic E-state index is 0.0406. The summed E-state index contributed by atoms with van der Waals surface area (Å²) >= 11 is 0. The maximum Gasteiger partial charge on any atom is 0.245 e. The number of hydrogen-bond acceptors (Lipinski definition) is 4. The molecular formula is C9H16N4O2S. The van der Waals surface area contributed by atoms with Gasteiger partial charge in [0.15, 0.2) is 5.82 Å².